The molecular formula is C27H40O2. The fraction of sp³-hybridized carbons (Fsp3) is 0.889. The van der Waals surface area contributed by atoms with Crippen molar-refractivity contribution in [3.63, 3.8) is 0 Å². The summed E-state index contributed by atoms with van der Waals surface area (Å²) >= 11 is 0. The fourth-order valence-corrected chi connectivity index (χ4v) is 9.43. The first kappa shape index (κ1) is 18.9. The maximum absolute atomic E-state index is 13.7. The summed E-state index contributed by atoms with van der Waals surface area (Å²) in [5.41, 5.74) is -0.201. The van der Waals surface area contributed by atoms with E-state index in [1.165, 1.54) is 77.0 Å². The van der Waals surface area contributed by atoms with Gasteiger partial charge in [-0.05, 0) is 99.2 Å². The summed E-state index contributed by atoms with van der Waals surface area (Å²) in [6, 6.07) is 0. The third-order valence-electron chi connectivity index (χ3n) is 10.7. The highest BCUT2D eigenvalue weighted by Crippen LogP contribution is 2.67. The Morgan fingerprint density at radius 1 is 0.793 bits per heavy atom. The Morgan fingerprint density at radius 3 is 2.00 bits per heavy atom. The van der Waals surface area contributed by atoms with Crippen molar-refractivity contribution in [2.45, 2.75) is 96.0 Å². The average Bonchev–Trinajstić information content (AvgIpc) is 3.54. The van der Waals surface area contributed by atoms with Crippen LogP contribution in [0.2, 0.25) is 0 Å². The van der Waals surface area contributed by atoms with E-state index in [4.69, 9.17) is 4.74 Å². The van der Waals surface area contributed by atoms with Gasteiger partial charge in [-0.3, -0.25) is 4.79 Å². The van der Waals surface area contributed by atoms with Crippen molar-refractivity contribution < 1.29 is 9.53 Å². The molecule has 6 aliphatic carbocycles. The molecule has 6 aliphatic rings. The number of esters is 1. The van der Waals surface area contributed by atoms with Gasteiger partial charge in [0.1, 0.15) is 5.60 Å². The van der Waals surface area contributed by atoms with Crippen LogP contribution in [0.1, 0.15) is 90.4 Å². The largest absolute Gasteiger partial charge is 0.459 e. The van der Waals surface area contributed by atoms with Crippen molar-refractivity contribution in [1.29, 1.82) is 0 Å². The molecule has 0 aromatic carbocycles. The normalized spacial score (nSPS) is 44.4. The van der Waals surface area contributed by atoms with Crippen LogP contribution in [0.25, 0.3) is 0 Å². The lowest BCUT2D eigenvalue weighted by atomic mass is 9.66. The molecule has 2 nitrogen and oxygen atoms in total. The molecule has 0 radical (unpaired) electrons. The predicted octanol–water partition coefficient (Wildman–Crippen LogP) is 6.54. The Balaban J connectivity index is 1.21. The summed E-state index contributed by atoms with van der Waals surface area (Å²) in [5.74, 6) is 6.36. The summed E-state index contributed by atoms with van der Waals surface area (Å²) in [6.45, 7) is 2.35. The predicted molar refractivity (Wildman–Crippen MR) is 115 cm³/mol. The Hall–Kier alpha value is -0.790. The number of rotatable bonds is 4. The molecule has 7 atom stereocenters. The monoisotopic (exact) mass is 396 g/mol. The lowest BCUT2D eigenvalue weighted by Gasteiger charge is -2.47. The molecule has 0 aromatic rings. The molecule has 0 aliphatic heterocycles. The summed E-state index contributed by atoms with van der Waals surface area (Å²) in [5, 5.41) is 0. The van der Waals surface area contributed by atoms with Crippen LogP contribution in [-0.2, 0) is 9.53 Å². The number of carbonyl (C=O) groups is 1. The van der Waals surface area contributed by atoms with Gasteiger partial charge in [0.25, 0.3) is 0 Å². The van der Waals surface area contributed by atoms with Crippen LogP contribution in [0.4, 0.5) is 0 Å². The van der Waals surface area contributed by atoms with Gasteiger partial charge in [-0.2, -0.15) is 0 Å². The minimum absolute atomic E-state index is 0.201. The van der Waals surface area contributed by atoms with Crippen molar-refractivity contribution in [1.82, 2.24) is 0 Å². The number of hydrogen-bond acceptors (Lipinski definition) is 2. The average molecular weight is 397 g/mol. The lowest BCUT2D eigenvalue weighted by molar-refractivity contribution is -0.184. The molecule has 4 bridgehead atoms. The zero-order chi connectivity index (χ0) is 19.6. The molecule has 0 spiro atoms. The van der Waals surface area contributed by atoms with Gasteiger partial charge >= 0.3 is 5.97 Å². The first-order chi connectivity index (χ1) is 14.1. The molecule has 5 saturated carbocycles. The summed E-state index contributed by atoms with van der Waals surface area (Å²) < 4.78 is 6.73. The lowest BCUT2D eigenvalue weighted by Crippen LogP contribution is -2.49. The van der Waals surface area contributed by atoms with Gasteiger partial charge in [0.05, 0.1) is 5.92 Å². The van der Waals surface area contributed by atoms with Crippen LogP contribution in [-0.4, -0.2) is 11.6 Å². The summed E-state index contributed by atoms with van der Waals surface area (Å²) in [6.07, 6.45) is 22.0. The quantitative estimate of drug-likeness (QED) is 0.306. The van der Waals surface area contributed by atoms with Gasteiger partial charge in [-0.1, -0.05) is 50.7 Å². The maximum Gasteiger partial charge on any atom is 0.309 e. The second-order valence-electron chi connectivity index (χ2n) is 11.9. The zero-order valence-electron chi connectivity index (χ0n) is 18.4. The molecule has 7 unspecified atom stereocenters. The van der Waals surface area contributed by atoms with E-state index in [0.29, 0.717) is 17.8 Å². The molecule has 0 aromatic heterocycles. The molecule has 0 amide bonds. The second kappa shape index (κ2) is 7.13. The van der Waals surface area contributed by atoms with Gasteiger partial charge in [-0.15, -0.1) is 0 Å². The third kappa shape index (κ3) is 2.90. The molecule has 2 heteroatoms. The minimum atomic E-state index is -0.201. The SMILES string of the molecule is CC(OC(=O)C1CC2CC1C1C3C=CC(C3)C21)(C1CCCCC1)C1CCCCC1. The van der Waals surface area contributed by atoms with Gasteiger partial charge < -0.3 is 4.74 Å². The van der Waals surface area contributed by atoms with Crippen molar-refractivity contribution in [3.8, 4) is 0 Å². The molecule has 0 saturated heterocycles. The third-order valence-corrected chi connectivity index (χ3v) is 10.7. The van der Waals surface area contributed by atoms with E-state index in [9.17, 15) is 4.79 Å². The molecule has 6 rings (SSSR count). The van der Waals surface area contributed by atoms with Crippen LogP contribution >= 0.6 is 0 Å². The van der Waals surface area contributed by atoms with Crippen LogP contribution in [0.15, 0.2) is 12.2 Å². The van der Waals surface area contributed by atoms with E-state index < -0.39 is 0 Å². The number of allylic oxidation sites excluding steroid dienone is 2. The summed E-state index contributed by atoms with van der Waals surface area (Å²) in [4.78, 5) is 13.7. The van der Waals surface area contributed by atoms with Crippen molar-refractivity contribution in [2.75, 3.05) is 0 Å². The Kier molecular flexibility index (Phi) is 4.65. The highest BCUT2D eigenvalue weighted by Gasteiger charge is 2.63. The molecule has 0 N–H and O–H groups in total. The van der Waals surface area contributed by atoms with E-state index in [-0.39, 0.29) is 17.5 Å². The number of hydrogen-bond donors (Lipinski definition) is 0. The number of ether oxygens (including phenoxy) is 1. The first-order valence-corrected chi connectivity index (χ1v) is 13.1. The van der Waals surface area contributed by atoms with E-state index in [1.807, 2.05) is 0 Å². The van der Waals surface area contributed by atoms with Crippen molar-refractivity contribution >= 4 is 5.97 Å². The zero-order valence-corrected chi connectivity index (χ0v) is 18.4. The van der Waals surface area contributed by atoms with E-state index >= 15 is 0 Å². The van der Waals surface area contributed by atoms with E-state index in [0.717, 1.165) is 36.0 Å². The van der Waals surface area contributed by atoms with Gasteiger partial charge in [0.15, 0.2) is 0 Å². The summed E-state index contributed by atoms with van der Waals surface area (Å²) in [7, 11) is 0. The van der Waals surface area contributed by atoms with E-state index in [1.54, 1.807) is 0 Å². The smallest absolute Gasteiger partial charge is 0.309 e. The Morgan fingerprint density at radius 2 is 1.38 bits per heavy atom. The standard InChI is InChI=1S/C27H40O2/c1-27(20-8-4-2-5-9-20,21-10-6-3-7-11-21)29-26(28)23-16-19-15-22(23)25-18-13-12-17(14-18)24(19)25/h12-13,17-25H,2-11,14-16H2,1H3. The number of carbonyl (C=O) groups excluding carboxylic acids is 1. The highest BCUT2D eigenvalue weighted by molar-refractivity contribution is 5.74. The van der Waals surface area contributed by atoms with Crippen LogP contribution in [0, 0.1) is 53.3 Å². The van der Waals surface area contributed by atoms with Gasteiger partial charge in [0.2, 0.25) is 0 Å². The van der Waals surface area contributed by atoms with Crippen molar-refractivity contribution in [2.24, 2.45) is 53.3 Å². The van der Waals surface area contributed by atoms with Gasteiger partial charge in [0, 0.05) is 0 Å². The van der Waals surface area contributed by atoms with Crippen LogP contribution < -0.4 is 0 Å². The highest BCUT2D eigenvalue weighted by atomic mass is 16.6. The van der Waals surface area contributed by atoms with Crippen LogP contribution in [0.3, 0.4) is 0 Å². The minimum Gasteiger partial charge on any atom is -0.459 e. The molecular weight excluding hydrogens is 356 g/mol. The van der Waals surface area contributed by atoms with Gasteiger partial charge in [-0.25, -0.2) is 0 Å². The Labute approximate surface area is 177 Å². The van der Waals surface area contributed by atoms with E-state index in [2.05, 4.69) is 19.1 Å². The topological polar surface area (TPSA) is 26.3 Å². The maximum atomic E-state index is 13.7. The number of fused-ring (bicyclic) bond motifs is 9. The molecule has 29 heavy (non-hydrogen) atoms. The molecule has 5 fully saturated rings. The second-order valence-corrected chi connectivity index (χ2v) is 11.9. The van der Waals surface area contributed by atoms with Crippen molar-refractivity contribution in [3.05, 3.63) is 12.2 Å². The fourth-order valence-electron chi connectivity index (χ4n) is 9.43. The first-order valence-electron chi connectivity index (χ1n) is 13.1. The molecule has 160 valence electrons. The van der Waals surface area contributed by atoms with Crippen LogP contribution in [0.5, 0.6) is 0 Å². The molecule has 0 heterocycles. The Bertz CT molecular complexity index is 650.